The molecule has 100 valence electrons. The Balaban J connectivity index is 2.30. The number of halogens is 1. The quantitative estimate of drug-likeness (QED) is 0.626. The SMILES string of the molecule is CNc1nc(=O)n([C@H]2C[C@H](O)[C@@H](CO)O2)cc1I. The fourth-order valence-electron chi connectivity index (χ4n) is 1.88. The molecule has 18 heavy (non-hydrogen) atoms. The zero-order chi connectivity index (χ0) is 13.3. The molecule has 1 aliphatic rings. The second-order valence-electron chi connectivity index (χ2n) is 3.99. The summed E-state index contributed by atoms with van der Waals surface area (Å²) in [5.41, 5.74) is -0.449. The number of rotatable bonds is 3. The van der Waals surface area contributed by atoms with Crippen molar-refractivity contribution in [2.75, 3.05) is 19.0 Å². The number of aliphatic hydroxyl groups excluding tert-OH is 2. The summed E-state index contributed by atoms with van der Waals surface area (Å²) in [7, 11) is 1.69. The topological polar surface area (TPSA) is 96.6 Å². The van der Waals surface area contributed by atoms with Crippen molar-refractivity contribution in [3.8, 4) is 0 Å². The van der Waals surface area contributed by atoms with Crippen LogP contribution in [0.2, 0.25) is 0 Å². The number of aliphatic hydroxyl groups is 2. The van der Waals surface area contributed by atoms with Gasteiger partial charge in [-0.05, 0) is 22.6 Å². The molecule has 0 aliphatic carbocycles. The van der Waals surface area contributed by atoms with Crippen molar-refractivity contribution in [3.63, 3.8) is 0 Å². The molecule has 1 aromatic heterocycles. The predicted octanol–water partition coefficient (Wildman–Crippen LogP) is -0.470. The van der Waals surface area contributed by atoms with Crippen LogP contribution in [0, 0.1) is 3.57 Å². The van der Waals surface area contributed by atoms with Crippen LogP contribution in [0.15, 0.2) is 11.0 Å². The van der Waals surface area contributed by atoms with Crippen LogP contribution in [0.4, 0.5) is 5.82 Å². The van der Waals surface area contributed by atoms with E-state index in [0.717, 1.165) is 3.57 Å². The molecule has 7 nitrogen and oxygen atoms in total. The van der Waals surface area contributed by atoms with Crippen molar-refractivity contribution in [1.82, 2.24) is 9.55 Å². The summed E-state index contributed by atoms with van der Waals surface area (Å²) in [6.07, 6.45) is -0.116. The highest BCUT2D eigenvalue weighted by molar-refractivity contribution is 14.1. The van der Waals surface area contributed by atoms with Gasteiger partial charge in [-0.2, -0.15) is 4.98 Å². The Morgan fingerprint density at radius 3 is 3.00 bits per heavy atom. The van der Waals surface area contributed by atoms with Crippen LogP contribution in [-0.2, 0) is 4.74 Å². The van der Waals surface area contributed by atoms with Gasteiger partial charge in [0.25, 0.3) is 0 Å². The highest BCUT2D eigenvalue weighted by Gasteiger charge is 2.35. The summed E-state index contributed by atoms with van der Waals surface area (Å²) in [5.74, 6) is 0.508. The van der Waals surface area contributed by atoms with E-state index in [4.69, 9.17) is 9.84 Å². The Labute approximate surface area is 117 Å². The average molecular weight is 367 g/mol. The lowest BCUT2D eigenvalue weighted by atomic mass is 10.2. The Hall–Kier alpha value is -0.710. The molecule has 1 aliphatic heterocycles. The Bertz CT molecular complexity index is 493. The summed E-state index contributed by atoms with van der Waals surface area (Å²) in [5, 5.41) is 21.5. The van der Waals surface area contributed by atoms with Gasteiger partial charge < -0.3 is 20.3 Å². The zero-order valence-electron chi connectivity index (χ0n) is 9.71. The second kappa shape index (κ2) is 5.51. The van der Waals surface area contributed by atoms with E-state index in [2.05, 4.69) is 32.9 Å². The fraction of sp³-hybridized carbons (Fsp3) is 0.600. The van der Waals surface area contributed by atoms with Gasteiger partial charge in [0.2, 0.25) is 0 Å². The van der Waals surface area contributed by atoms with E-state index >= 15 is 0 Å². The highest BCUT2D eigenvalue weighted by atomic mass is 127. The minimum atomic E-state index is -0.770. The maximum absolute atomic E-state index is 11.8. The average Bonchev–Trinajstić information content (AvgIpc) is 2.72. The van der Waals surface area contributed by atoms with E-state index in [1.54, 1.807) is 13.2 Å². The summed E-state index contributed by atoms with van der Waals surface area (Å²) >= 11 is 2.06. The first-order valence-electron chi connectivity index (χ1n) is 5.47. The number of nitrogens with one attached hydrogen (secondary N) is 1. The Morgan fingerprint density at radius 1 is 1.72 bits per heavy atom. The molecule has 1 saturated heterocycles. The van der Waals surface area contributed by atoms with E-state index in [9.17, 15) is 9.90 Å². The summed E-state index contributed by atoms with van der Waals surface area (Å²) in [6.45, 7) is -0.272. The van der Waals surface area contributed by atoms with Crippen LogP contribution in [-0.4, -0.2) is 45.6 Å². The standard InChI is InChI=1S/C10H14IN3O4/c1-12-9-5(11)3-14(10(17)13-9)8-2-6(16)7(4-15)18-8/h3,6-8,15-16H,2,4H2,1H3,(H,12,13,17)/t6-,7+,8+/m0/s1. The van der Waals surface area contributed by atoms with Gasteiger partial charge in [0.05, 0.1) is 16.3 Å². The first-order valence-corrected chi connectivity index (χ1v) is 6.55. The van der Waals surface area contributed by atoms with Crippen LogP contribution >= 0.6 is 22.6 Å². The molecule has 8 heteroatoms. The highest BCUT2D eigenvalue weighted by Crippen LogP contribution is 2.28. The third-order valence-corrected chi connectivity index (χ3v) is 3.63. The molecule has 2 heterocycles. The van der Waals surface area contributed by atoms with Crippen LogP contribution in [0.25, 0.3) is 0 Å². The molecule has 0 spiro atoms. The summed E-state index contributed by atoms with van der Waals surface area (Å²) < 4.78 is 7.53. The monoisotopic (exact) mass is 367 g/mol. The molecular formula is C10H14IN3O4. The molecule has 3 atom stereocenters. The lowest BCUT2D eigenvalue weighted by Gasteiger charge is -2.15. The minimum absolute atomic E-state index is 0.266. The molecular weight excluding hydrogens is 353 g/mol. The fourth-order valence-corrected chi connectivity index (χ4v) is 2.57. The third kappa shape index (κ3) is 2.51. The Kier molecular flexibility index (Phi) is 4.20. The number of nitrogens with zero attached hydrogens (tertiary/aromatic N) is 2. The lowest BCUT2D eigenvalue weighted by molar-refractivity contribution is -0.0459. The van der Waals surface area contributed by atoms with E-state index in [1.807, 2.05) is 0 Å². The molecule has 2 rings (SSSR count). The van der Waals surface area contributed by atoms with Crippen LogP contribution in [0.5, 0.6) is 0 Å². The smallest absolute Gasteiger partial charge is 0.351 e. The van der Waals surface area contributed by atoms with Crippen LogP contribution < -0.4 is 11.0 Å². The van der Waals surface area contributed by atoms with Crippen molar-refractivity contribution in [2.24, 2.45) is 0 Å². The van der Waals surface area contributed by atoms with Gasteiger partial charge in [-0.25, -0.2) is 4.79 Å². The van der Waals surface area contributed by atoms with E-state index in [1.165, 1.54) is 4.57 Å². The lowest BCUT2D eigenvalue weighted by Crippen LogP contribution is -2.28. The van der Waals surface area contributed by atoms with Crippen LogP contribution in [0.3, 0.4) is 0 Å². The minimum Gasteiger partial charge on any atom is -0.394 e. The molecule has 1 fully saturated rings. The molecule has 0 radical (unpaired) electrons. The van der Waals surface area contributed by atoms with E-state index in [-0.39, 0.29) is 13.0 Å². The number of anilines is 1. The second-order valence-corrected chi connectivity index (χ2v) is 5.15. The number of ether oxygens (including phenoxy) is 1. The predicted molar refractivity (Wildman–Crippen MR) is 72.4 cm³/mol. The zero-order valence-corrected chi connectivity index (χ0v) is 11.9. The normalized spacial score (nSPS) is 27.4. The van der Waals surface area contributed by atoms with Gasteiger partial charge >= 0.3 is 5.69 Å². The molecule has 0 aromatic carbocycles. The summed E-state index contributed by atoms with van der Waals surface area (Å²) in [6, 6.07) is 0. The number of hydrogen-bond acceptors (Lipinski definition) is 6. The van der Waals surface area contributed by atoms with E-state index in [0.29, 0.717) is 5.82 Å². The van der Waals surface area contributed by atoms with Gasteiger partial charge in [-0.15, -0.1) is 0 Å². The first kappa shape index (κ1) is 13.7. The van der Waals surface area contributed by atoms with Gasteiger partial charge in [0.1, 0.15) is 18.1 Å². The van der Waals surface area contributed by atoms with Gasteiger partial charge in [0.15, 0.2) is 0 Å². The molecule has 3 N–H and O–H groups in total. The molecule has 0 unspecified atom stereocenters. The number of hydrogen-bond donors (Lipinski definition) is 3. The van der Waals surface area contributed by atoms with Gasteiger partial charge in [0, 0.05) is 19.7 Å². The molecule has 0 amide bonds. The molecule has 0 saturated carbocycles. The van der Waals surface area contributed by atoms with Crippen LogP contribution in [0.1, 0.15) is 12.6 Å². The van der Waals surface area contributed by atoms with Crippen molar-refractivity contribution >= 4 is 28.4 Å². The maximum atomic E-state index is 11.8. The van der Waals surface area contributed by atoms with Gasteiger partial charge in [-0.3, -0.25) is 4.57 Å². The largest absolute Gasteiger partial charge is 0.394 e. The molecule has 1 aromatic rings. The van der Waals surface area contributed by atoms with Crippen molar-refractivity contribution < 1.29 is 14.9 Å². The maximum Gasteiger partial charge on any atom is 0.351 e. The van der Waals surface area contributed by atoms with Gasteiger partial charge in [-0.1, -0.05) is 0 Å². The van der Waals surface area contributed by atoms with Crippen molar-refractivity contribution in [1.29, 1.82) is 0 Å². The summed E-state index contributed by atoms with van der Waals surface area (Å²) in [4.78, 5) is 15.7. The van der Waals surface area contributed by atoms with Crippen molar-refractivity contribution in [2.45, 2.75) is 24.9 Å². The third-order valence-electron chi connectivity index (χ3n) is 2.84. The Morgan fingerprint density at radius 2 is 2.44 bits per heavy atom. The van der Waals surface area contributed by atoms with Crippen molar-refractivity contribution in [3.05, 3.63) is 20.3 Å². The van der Waals surface area contributed by atoms with E-state index < -0.39 is 24.1 Å². The number of aromatic nitrogens is 2. The molecule has 0 bridgehead atoms. The first-order chi connectivity index (χ1) is 8.56.